The maximum absolute atomic E-state index is 8.41. The van der Waals surface area contributed by atoms with Crippen LogP contribution in [-0.2, 0) is 0 Å². The van der Waals surface area contributed by atoms with Crippen LogP contribution in [-0.4, -0.2) is 18.0 Å². The normalized spacial score (nSPS) is 11.3. The second-order valence-electron chi connectivity index (χ2n) is 2.28. The molecule has 0 unspecified atom stereocenters. The van der Waals surface area contributed by atoms with Gasteiger partial charge in [0.25, 0.3) is 0 Å². The number of hydrogen-bond donors (Lipinski definition) is 1. The van der Waals surface area contributed by atoms with Gasteiger partial charge >= 0.3 is 0 Å². The van der Waals surface area contributed by atoms with Crippen molar-refractivity contribution >= 4 is 5.71 Å². The van der Waals surface area contributed by atoms with Crippen LogP contribution in [0.4, 0.5) is 0 Å². The molecule has 0 aliphatic carbocycles. The highest BCUT2D eigenvalue weighted by Crippen LogP contribution is 2.11. The highest BCUT2D eigenvalue weighted by Gasteiger charge is 1.97. The Morgan fingerprint density at radius 1 is 1.42 bits per heavy atom. The van der Waals surface area contributed by atoms with Crippen molar-refractivity contribution in [2.75, 3.05) is 7.11 Å². The van der Waals surface area contributed by atoms with Crippen molar-refractivity contribution in [3.05, 3.63) is 36.8 Å². The molecule has 1 radical (unpaired) electrons. The lowest BCUT2D eigenvalue weighted by atomic mass is 10.1. The van der Waals surface area contributed by atoms with Gasteiger partial charge in [-0.1, -0.05) is 5.16 Å². The summed E-state index contributed by atoms with van der Waals surface area (Å²) in [5.41, 5.74) is 1.12. The Hall–Kier alpha value is -1.51. The van der Waals surface area contributed by atoms with Crippen LogP contribution in [0.15, 0.2) is 29.4 Å². The Labute approximate surface area is 71.3 Å². The average Bonchev–Trinajstić information content (AvgIpc) is 2.17. The number of ether oxygens (including phenoxy) is 1. The quantitative estimate of drug-likeness (QED) is 0.410. The maximum atomic E-state index is 8.41. The molecule has 0 aliphatic rings. The first-order valence-corrected chi connectivity index (χ1v) is 3.46. The summed E-state index contributed by atoms with van der Waals surface area (Å²) in [5, 5.41) is 11.4. The summed E-state index contributed by atoms with van der Waals surface area (Å²) >= 11 is 0. The Morgan fingerprint density at radius 3 is 2.42 bits per heavy atom. The zero-order valence-corrected chi connectivity index (χ0v) is 6.82. The van der Waals surface area contributed by atoms with Gasteiger partial charge in [0.1, 0.15) is 5.75 Å². The van der Waals surface area contributed by atoms with E-state index in [0.29, 0.717) is 5.71 Å². The van der Waals surface area contributed by atoms with Crippen LogP contribution < -0.4 is 4.74 Å². The van der Waals surface area contributed by atoms with Crippen molar-refractivity contribution in [1.82, 2.24) is 0 Å². The average molecular weight is 164 g/mol. The van der Waals surface area contributed by atoms with E-state index in [1.54, 1.807) is 31.4 Å². The van der Waals surface area contributed by atoms with Crippen LogP contribution in [0.25, 0.3) is 0 Å². The molecule has 0 heterocycles. The number of benzene rings is 1. The van der Waals surface area contributed by atoms with E-state index in [1.807, 2.05) is 0 Å². The molecule has 3 heteroatoms. The molecule has 0 aliphatic heterocycles. The van der Waals surface area contributed by atoms with Gasteiger partial charge in [0.2, 0.25) is 0 Å². The van der Waals surface area contributed by atoms with Crippen LogP contribution in [0, 0.1) is 6.92 Å². The first-order chi connectivity index (χ1) is 5.77. The largest absolute Gasteiger partial charge is 0.497 e. The van der Waals surface area contributed by atoms with E-state index < -0.39 is 0 Å². The molecule has 0 bridgehead atoms. The predicted octanol–water partition coefficient (Wildman–Crippen LogP) is 1.71. The van der Waals surface area contributed by atoms with E-state index in [-0.39, 0.29) is 0 Å². The summed E-state index contributed by atoms with van der Waals surface area (Å²) in [4.78, 5) is 0. The van der Waals surface area contributed by atoms with Crippen molar-refractivity contribution in [2.45, 2.75) is 0 Å². The lowest BCUT2D eigenvalue weighted by molar-refractivity contribution is 0.320. The SMILES string of the molecule is [CH2]/C(=N/O)c1ccc(OC)cc1. The van der Waals surface area contributed by atoms with Crippen molar-refractivity contribution in [2.24, 2.45) is 5.16 Å². The second kappa shape index (κ2) is 3.76. The molecule has 12 heavy (non-hydrogen) atoms. The molecule has 1 N–H and O–H groups in total. The van der Waals surface area contributed by atoms with E-state index in [4.69, 9.17) is 9.94 Å². The van der Waals surface area contributed by atoms with Crippen LogP contribution in [0.5, 0.6) is 5.75 Å². The molecule has 0 saturated heterocycles. The molecule has 1 rings (SSSR count). The molecule has 0 fully saturated rings. The van der Waals surface area contributed by atoms with Gasteiger partial charge in [0.05, 0.1) is 12.8 Å². The van der Waals surface area contributed by atoms with E-state index in [1.165, 1.54) is 0 Å². The molecular weight excluding hydrogens is 154 g/mol. The zero-order chi connectivity index (χ0) is 8.97. The molecule has 0 saturated carbocycles. The van der Waals surface area contributed by atoms with Gasteiger partial charge in [-0.3, -0.25) is 0 Å². The van der Waals surface area contributed by atoms with Gasteiger partial charge in [0, 0.05) is 0 Å². The summed E-state index contributed by atoms with van der Waals surface area (Å²) in [5.74, 6) is 0.768. The van der Waals surface area contributed by atoms with E-state index in [9.17, 15) is 0 Å². The van der Waals surface area contributed by atoms with Crippen LogP contribution in [0.3, 0.4) is 0 Å². The second-order valence-corrected chi connectivity index (χ2v) is 2.28. The maximum Gasteiger partial charge on any atom is 0.118 e. The highest BCUT2D eigenvalue weighted by atomic mass is 16.5. The van der Waals surface area contributed by atoms with Crippen LogP contribution in [0.1, 0.15) is 5.56 Å². The van der Waals surface area contributed by atoms with Crippen molar-refractivity contribution < 1.29 is 9.94 Å². The lowest BCUT2D eigenvalue weighted by Gasteiger charge is -2.00. The van der Waals surface area contributed by atoms with Gasteiger partial charge < -0.3 is 9.94 Å². The van der Waals surface area contributed by atoms with Crippen molar-refractivity contribution in [3.8, 4) is 5.75 Å². The molecule has 0 aromatic heterocycles. The lowest BCUT2D eigenvalue weighted by Crippen LogP contribution is -1.94. The Balaban J connectivity index is 2.92. The molecule has 1 aromatic carbocycles. The minimum atomic E-state index is 0.345. The highest BCUT2D eigenvalue weighted by molar-refractivity contribution is 6.03. The number of oxime groups is 1. The molecule has 1 aromatic rings. The fourth-order valence-electron chi connectivity index (χ4n) is 0.841. The van der Waals surface area contributed by atoms with E-state index in [2.05, 4.69) is 12.1 Å². The summed E-state index contributed by atoms with van der Waals surface area (Å²) in [6.45, 7) is 3.54. The Kier molecular flexibility index (Phi) is 2.69. The van der Waals surface area contributed by atoms with Crippen molar-refractivity contribution in [3.63, 3.8) is 0 Å². The molecule has 63 valence electrons. The van der Waals surface area contributed by atoms with E-state index >= 15 is 0 Å². The summed E-state index contributed by atoms with van der Waals surface area (Å²) in [6.07, 6.45) is 0. The van der Waals surface area contributed by atoms with Crippen LogP contribution in [0.2, 0.25) is 0 Å². The van der Waals surface area contributed by atoms with Gasteiger partial charge in [-0.2, -0.15) is 0 Å². The first kappa shape index (κ1) is 8.59. The fraction of sp³-hybridized carbons (Fsp3) is 0.111. The molecule has 0 atom stereocenters. The number of hydrogen-bond acceptors (Lipinski definition) is 3. The van der Waals surface area contributed by atoms with Gasteiger partial charge in [-0.05, 0) is 36.8 Å². The topological polar surface area (TPSA) is 41.8 Å². The third-order valence-corrected chi connectivity index (χ3v) is 1.54. The molecule has 3 nitrogen and oxygen atoms in total. The molecule has 0 amide bonds. The number of rotatable bonds is 2. The van der Waals surface area contributed by atoms with Crippen molar-refractivity contribution in [1.29, 1.82) is 0 Å². The predicted molar refractivity (Wildman–Crippen MR) is 46.7 cm³/mol. The number of methoxy groups -OCH3 is 1. The minimum Gasteiger partial charge on any atom is -0.497 e. The minimum absolute atomic E-state index is 0.345. The monoisotopic (exact) mass is 164 g/mol. The third kappa shape index (κ3) is 1.75. The Bertz CT molecular complexity index is 277. The summed E-state index contributed by atoms with van der Waals surface area (Å²) < 4.78 is 4.96. The summed E-state index contributed by atoms with van der Waals surface area (Å²) in [6, 6.07) is 7.12. The fourth-order valence-corrected chi connectivity index (χ4v) is 0.841. The van der Waals surface area contributed by atoms with Gasteiger partial charge in [-0.15, -0.1) is 0 Å². The first-order valence-electron chi connectivity index (χ1n) is 3.46. The van der Waals surface area contributed by atoms with Crippen LogP contribution >= 0.6 is 0 Å². The van der Waals surface area contributed by atoms with Gasteiger partial charge in [-0.25, -0.2) is 0 Å². The van der Waals surface area contributed by atoms with E-state index in [0.717, 1.165) is 11.3 Å². The van der Waals surface area contributed by atoms with Gasteiger partial charge in [0.15, 0.2) is 0 Å². The zero-order valence-electron chi connectivity index (χ0n) is 6.82. The molecule has 0 spiro atoms. The smallest absolute Gasteiger partial charge is 0.118 e. The third-order valence-electron chi connectivity index (χ3n) is 1.54. The number of nitrogens with zero attached hydrogens (tertiary/aromatic N) is 1. The Morgan fingerprint density at radius 2 is 2.00 bits per heavy atom. The standard InChI is InChI=1S/C9H10NO2/c1-7(10-11)8-3-5-9(12-2)6-4-8/h3-6,11H,1H2,2H3/b10-7-. The molecular formula is C9H10NO2. The summed E-state index contributed by atoms with van der Waals surface area (Å²) in [7, 11) is 1.60.